The van der Waals surface area contributed by atoms with E-state index in [1.165, 1.54) is 7.11 Å². The average Bonchev–Trinajstić information content (AvgIpc) is 2.73. The predicted octanol–water partition coefficient (Wildman–Crippen LogP) is 5.78. The van der Waals surface area contributed by atoms with Gasteiger partial charge in [-0.3, -0.25) is 9.59 Å². The van der Waals surface area contributed by atoms with E-state index in [1.54, 1.807) is 0 Å². The first-order valence-corrected chi connectivity index (χ1v) is 11.1. The Hall–Kier alpha value is -1.59. The van der Waals surface area contributed by atoms with Gasteiger partial charge < -0.3 is 14.4 Å². The van der Waals surface area contributed by atoms with Crippen LogP contribution in [0.4, 0.5) is 0 Å². The molecule has 0 N–H and O–H groups in total. The van der Waals surface area contributed by atoms with Crippen LogP contribution in [0.25, 0.3) is 0 Å². The number of rotatable bonds is 4. The van der Waals surface area contributed by atoms with E-state index in [0.717, 1.165) is 42.9 Å². The third-order valence-electron chi connectivity index (χ3n) is 4.42. The number of nitrogens with zero attached hydrogens (tertiary/aromatic N) is 1. The first-order chi connectivity index (χ1) is 14.1. The number of carbonyl (C=O) groups excluding carboxylic acids is 2. The lowest BCUT2D eigenvalue weighted by atomic mass is 9.74. The van der Waals surface area contributed by atoms with Crippen molar-refractivity contribution in [3.05, 3.63) is 34.9 Å². The molecule has 1 saturated heterocycles. The zero-order valence-electron chi connectivity index (χ0n) is 20.4. The smallest absolute Gasteiger partial charge is 0.312 e. The molecule has 1 aromatic carbocycles. The molecule has 174 valence electrons. The second-order valence-corrected chi connectivity index (χ2v) is 8.14. The van der Waals surface area contributed by atoms with Crippen LogP contribution in [-0.2, 0) is 25.5 Å². The van der Waals surface area contributed by atoms with Crippen LogP contribution in [0.1, 0.15) is 66.9 Å². The van der Waals surface area contributed by atoms with Crippen molar-refractivity contribution >= 4 is 24.0 Å². The van der Waals surface area contributed by atoms with Gasteiger partial charge in [-0.05, 0) is 77.9 Å². The van der Waals surface area contributed by atoms with E-state index in [0.29, 0.717) is 6.47 Å². The summed E-state index contributed by atoms with van der Waals surface area (Å²) in [4.78, 5) is 24.1. The van der Waals surface area contributed by atoms with Crippen LogP contribution in [-0.4, -0.2) is 50.2 Å². The second kappa shape index (κ2) is 16.1. The van der Waals surface area contributed by atoms with E-state index >= 15 is 0 Å². The van der Waals surface area contributed by atoms with Gasteiger partial charge in [0.15, 0.2) is 0 Å². The van der Waals surface area contributed by atoms with Gasteiger partial charge in [-0.1, -0.05) is 51.4 Å². The molecule has 0 bridgehead atoms. The van der Waals surface area contributed by atoms with Crippen molar-refractivity contribution in [3.63, 3.8) is 0 Å². The molecule has 2 rings (SSSR count). The Bertz CT molecular complexity index is 574. The number of benzene rings is 1. The van der Waals surface area contributed by atoms with Gasteiger partial charge in [-0.25, -0.2) is 0 Å². The molecular formula is C24H42ClNO4. The number of methoxy groups -OCH3 is 1. The lowest BCUT2D eigenvalue weighted by molar-refractivity contribution is -0.155. The van der Waals surface area contributed by atoms with Gasteiger partial charge in [0.25, 0.3) is 6.47 Å². The monoisotopic (exact) mass is 443 g/mol. The molecule has 0 radical (unpaired) electrons. The number of hydrogen-bond donors (Lipinski definition) is 0. The van der Waals surface area contributed by atoms with E-state index in [4.69, 9.17) is 16.3 Å². The normalized spacial score (nSPS) is 15.0. The highest BCUT2D eigenvalue weighted by Gasteiger charge is 2.41. The molecule has 1 aromatic rings. The predicted molar refractivity (Wildman–Crippen MR) is 126 cm³/mol. The Kier molecular flexibility index (Phi) is 16.5. The van der Waals surface area contributed by atoms with Crippen LogP contribution in [0.2, 0.25) is 5.02 Å². The molecule has 0 saturated carbocycles. The Morgan fingerprint density at radius 2 is 1.57 bits per heavy atom. The molecule has 1 fully saturated rings. The van der Waals surface area contributed by atoms with Crippen molar-refractivity contribution in [2.75, 3.05) is 27.2 Å². The number of halogens is 1. The minimum Gasteiger partial charge on any atom is -0.469 e. The van der Waals surface area contributed by atoms with Crippen LogP contribution in [0.3, 0.4) is 0 Å². The molecule has 0 aliphatic carbocycles. The minimum absolute atomic E-state index is 0.0875. The van der Waals surface area contributed by atoms with Crippen molar-refractivity contribution in [1.29, 1.82) is 0 Å². The summed E-state index contributed by atoms with van der Waals surface area (Å²) >= 11 is 5.90. The second-order valence-electron chi connectivity index (χ2n) is 7.70. The van der Waals surface area contributed by atoms with Crippen LogP contribution in [0.5, 0.6) is 0 Å². The summed E-state index contributed by atoms with van der Waals surface area (Å²) < 4.78 is 9.59. The molecule has 6 heteroatoms. The Morgan fingerprint density at radius 1 is 1.10 bits per heavy atom. The van der Waals surface area contributed by atoms with Gasteiger partial charge in [0.2, 0.25) is 0 Å². The van der Waals surface area contributed by atoms with Crippen LogP contribution in [0.15, 0.2) is 24.3 Å². The zero-order chi connectivity index (χ0) is 23.8. The summed E-state index contributed by atoms with van der Waals surface area (Å²) in [7, 11) is 3.56. The molecule has 1 aliphatic heterocycles. The van der Waals surface area contributed by atoms with Gasteiger partial charge in [-0.15, -0.1) is 0 Å². The highest BCUT2D eigenvalue weighted by atomic mass is 35.5. The van der Waals surface area contributed by atoms with Crippen LogP contribution in [0, 0.1) is 5.41 Å². The van der Waals surface area contributed by atoms with Gasteiger partial charge in [0, 0.05) is 5.02 Å². The van der Waals surface area contributed by atoms with Crippen molar-refractivity contribution in [2.45, 2.75) is 73.3 Å². The van der Waals surface area contributed by atoms with E-state index in [2.05, 4.69) is 16.7 Å². The molecule has 1 aliphatic rings. The van der Waals surface area contributed by atoms with Crippen molar-refractivity contribution in [2.24, 2.45) is 5.41 Å². The van der Waals surface area contributed by atoms with E-state index in [1.807, 2.05) is 72.7 Å². The highest BCUT2D eigenvalue weighted by molar-refractivity contribution is 6.30. The third-order valence-corrected chi connectivity index (χ3v) is 4.67. The summed E-state index contributed by atoms with van der Waals surface area (Å²) in [5.74, 6) is -0.0875. The molecule has 0 unspecified atom stereocenters. The fourth-order valence-electron chi connectivity index (χ4n) is 2.85. The highest BCUT2D eigenvalue weighted by Crippen LogP contribution is 2.36. The minimum atomic E-state index is -0.380. The number of likely N-dealkylation sites (tertiary alicyclic amines) is 1. The standard InChI is InChI=1S/C15H20ClNO2.C5H10O2.2C2H6/c1-17-9-7-15(8-10-17,14(18)19-2)11-12-3-5-13(16)6-4-12;1-5(2,3)7-4-6;2*1-2/h3-6H,7-11H2,1-2H3;4H,1-3H3;2*1-2H3. The summed E-state index contributed by atoms with van der Waals surface area (Å²) in [5.41, 5.74) is 0.441. The van der Waals surface area contributed by atoms with Crippen molar-refractivity contribution in [1.82, 2.24) is 4.90 Å². The van der Waals surface area contributed by atoms with E-state index in [-0.39, 0.29) is 17.0 Å². The van der Waals surface area contributed by atoms with Crippen LogP contribution < -0.4 is 0 Å². The lowest BCUT2D eigenvalue weighted by Crippen LogP contribution is -2.44. The topological polar surface area (TPSA) is 55.8 Å². The van der Waals surface area contributed by atoms with Gasteiger partial charge in [0.05, 0.1) is 12.5 Å². The van der Waals surface area contributed by atoms with Crippen molar-refractivity contribution in [3.8, 4) is 0 Å². The maximum atomic E-state index is 12.2. The number of carbonyl (C=O) groups is 2. The summed E-state index contributed by atoms with van der Waals surface area (Å²) in [5, 5.41) is 0.722. The number of ether oxygens (including phenoxy) is 2. The van der Waals surface area contributed by atoms with E-state index in [9.17, 15) is 9.59 Å². The quantitative estimate of drug-likeness (QED) is 0.436. The van der Waals surface area contributed by atoms with Crippen LogP contribution >= 0.6 is 11.6 Å². The SMILES string of the molecule is CC.CC.CC(C)(C)OC=O.COC(=O)C1(Cc2ccc(Cl)cc2)CCN(C)CC1. The zero-order valence-corrected chi connectivity index (χ0v) is 21.1. The summed E-state index contributed by atoms with van der Waals surface area (Å²) in [6, 6.07) is 7.73. The number of esters is 1. The molecule has 30 heavy (non-hydrogen) atoms. The van der Waals surface area contributed by atoms with Crippen molar-refractivity contribution < 1.29 is 19.1 Å². The fraction of sp³-hybridized carbons (Fsp3) is 0.667. The molecule has 0 spiro atoms. The summed E-state index contributed by atoms with van der Waals surface area (Å²) in [6.07, 6.45) is 2.42. The maximum absolute atomic E-state index is 12.2. The lowest BCUT2D eigenvalue weighted by Gasteiger charge is -2.38. The number of piperidine rings is 1. The molecule has 0 amide bonds. The molecule has 0 atom stereocenters. The fourth-order valence-corrected chi connectivity index (χ4v) is 2.98. The maximum Gasteiger partial charge on any atom is 0.312 e. The van der Waals surface area contributed by atoms with Gasteiger partial charge in [0.1, 0.15) is 5.60 Å². The first-order valence-electron chi connectivity index (χ1n) is 10.7. The number of hydrogen-bond acceptors (Lipinski definition) is 5. The summed E-state index contributed by atoms with van der Waals surface area (Å²) in [6.45, 7) is 15.8. The molecular weight excluding hydrogens is 402 g/mol. The molecule has 0 aromatic heterocycles. The molecule has 1 heterocycles. The van der Waals surface area contributed by atoms with Gasteiger partial charge in [-0.2, -0.15) is 0 Å². The largest absolute Gasteiger partial charge is 0.469 e. The Labute approximate surface area is 189 Å². The Morgan fingerprint density at radius 3 is 1.90 bits per heavy atom. The first kappa shape index (κ1) is 30.6. The third kappa shape index (κ3) is 12.2. The molecule has 5 nitrogen and oxygen atoms in total. The van der Waals surface area contributed by atoms with E-state index < -0.39 is 0 Å². The Balaban J connectivity index is 0. The van der Waals surface area contributed by atoms with Gasteiger partial charge >= 0.3 is 5.97 Å². The average molecular weight is 444 g/mol.